The first-order valence-electron chi connectivity index (χ1n) is 6.17. The Hall–Kier alpha value is -0.830. The molecule has 1 aromatic heterocycles. The summed E-state index contributed by atoms with van der Waals surface area (Å²) in [7, 11) is 0. The Morgan fingerprint density at radius 2 is 1.82 bits per heavy atom. The zero-order chi connectivity index (χ0) is 13.0. The normalized spacial score (nSPS) is 13.2. The lowest BCUT2D eigenvalue weighted by molar-refractivity contribution is 0.439. The van der Waals surface area contributed by atoms with E-state index < -0.39 is 0 Å². The van der Waals surface area contributed by atoms with Crippen molar-refractivity contribution in [2.45, 2.75) is 40.5 Å². The number of halogens is 1. The molecule has 1 rings (SSSR count). The molecular weight excluding hydrogens is 234 g/mol. The summed E-state index contributed by atoms with van der Waals surface area (Å²) in [5.41, 5.74) is 1.00. The monoisotopic (exact) mass is 255 g/mol. The van der Waals surface area contributed by atoms with Crippen molar-refractivity contribution >= 4 is 17.4 Å². The largest absolute Gasteiger partial charge is 0.369 e. The zero-order valence-electron chi connectivity index (χ0n) is 11.3. The molecule has 0 aliphatic heterocycles. The first kappa shape index (κ1) is 14.2. The first-order chi connectivity index (χ1) is 7.93. The Kier molecular flexibility index (Phi) is 5.19. The number of aromatic nitrogens is 2. The molecule has 0 fully saturated rings. The van der Waals surface area contributed by atoms with Gasteiger partial charge in [-0.1, -0.05) is 46.2 Å². The van der Waals surface area contributed by atoms with Crippen molar-refractivity contribution in [2.24, 2.45) is 11.8 Å². The van der Waals surface area contributed by atoms with Gasteiger partial charge in [-0.25, -0.2) is 9.97 Å². The Labute approximate surface area is 109 Å². The Balaban J connectivity index is 2.81. The summed E-state index contributed by atoms with van der Waals surface area (Å²) >= 11 is 6.11. The highest BCUT2D eigenvalue weighted by atomic mass is 35.5. The summed E-state index contributed by atoms with van der Waals surface area (Å²) in [6.45, 7) is 11.8. The number of rotatable bonds is 5. The molecule has 0 bridgehead atoms. The molecule has 3 nitrogen and oxygen atoms in total. The molecule has 96 valence electrons. The minimum Gasteiger partial charge on any atom is -0.369 e. The third kappa shape index (κ3) is 3.84. The van der Waals surface area contributed by atoms with Crippen LogP contribution >= 0.6 is 11.6 Å². The van der Waals surface area contributed by atoms with Gasteiger partial charge in [-0.2, -0.15) is 0 Å². The highest BCUT2D eigenvalue weighted by Gasteiger charge is 2.14. The predicted octanol–water partition coefficient (Wildman–Crippen LogP) is 3.96. The first-order valence-corrected chi connectivity index (χ1v) is 6.55. The van der Waals surface area contributed by atoms with Gasteiger partial charge in [0.15, 0.2) is 0 Å². The van der Waals surface area contributed by atoms with Crippen LogP contribution in [-0.2, 0) is 0 Å². The lowest BCUT2D eigenvalue weighted by atomic mass is 9.98. The van der Waals surface area contributed by atoms with Gasteiger partial charge < -0.3 is 5.32 Å². The van der Waals surface area contributed by atoms with Crippen LogP contribution < -0.4 is 5.32 Å². The number of hydrogen-bond donors (Lipinski definition) is 1. The molecule has 1 N–H and O–H groups in total. The fourth-order valence-corrected chi connectivity index (χ4v) is 1.87. The highest BCUT2D eigenvalue weighted by molar-refractivity contribution is 6.30. The van der Waals surface area contributed by atoms with Crippen LogP contribution in [0.15, 0.2) is 6.33 Å². The second-order valence-corrected chi connectivity index (χ2v) is 5.54. The van der Waals surface area contributed by atoms with E-state index in [4.69, 9.17) is 11.6 Å². The van der Waals surface area contributed by atoms with Gasteiger partial charge in [-0.05, 0) is 17.8 Å². The van der Waals surface area contributed by atoms with Gasteiger partial charge in [0.25, 0.3) is 0 Å². The second-order valence-electron chi connectivity index (χ2n) is 5.18. The summed E-state index contributed by atoms with van der Waals surface area (Å²) in [5, 5.41) is 3.93. The molecule has 1 aromatic rings. The fraction of sp³-hybridized carbons (Fsp3) is 0.692. The van der Waals surface area contributed by atoms with Gasteiger partial charge in [0.2, 0.25) is 0 Å². The maximum Gasteiger partial charge on any atom is 0.138 e. The molecule has 4 heteroatoms. The summed E-state index contributed by atoms with van der Waals surface area (Å²) in [6.07, 6.45) is 1.51. The predicted molar refractivity (Wildman–Crippen MR) is 73.6 cm³/mol. The summed E-state index contributed by atoms with van der Waals surface area (Å²) < 4.78 is 0. The van der Waals surface area contributed by atoms with Crippen molar-refractivity contribution in [3.05, 3.63) is 17.0 Å². The molecule has 0 saturated heterocycles. The SMILES string of the molecule is CC(C)c1c(Cl)ncnc1NCC(C)C(C)C. The van der Waals surface area contributed by atoms with Crippen LogP contribution in [0.3, 0.4) is 0 Å². The van der Waals surface area contributed by atoms with Crippen LogP contribution in [0.1, 0.15) is 46.1 Å². The van der Waals surface area contributed by atoms with Crippen molar-refractivity contribution in [1.29, 1.82) is 0 Å². The van der Waals surface area contributed by atoms with Gasteiger partial charge in [-0.15, -0.1) is 0 Å². The molecule has 1 atom stereocenters. The molecule has 1 heterocycles. The maximum absolute atomic E-state index is 6.11. The molecule has 0 aliphatic carbocycles. The van der Waals surface area contributed by atoms with Gasteiger partial charge in [0, 0.05) is 12.1 Å². The van der Waals surface area contributed by atoms with Crippen LogP contribution in [0, 0.1) is 11.8 Å². The molecule has 0 spiro atoms. The van der Waals surface area contributed by atoms with E-state index in [1.165, 1.54) is 6.33 Å². The van der Waals surface area contributed by atoms with Crippen molar-refractivity contribution in [3.8, 4) is 0 Å². The summed E-state index contributed by atoms with van der Waals surface area (Å²) in [5.74, 6) is 2.44. The molecule has 0 amide bonds. The van der Waals surface area contributed by atoms with E-state index in [-0.39, 0.29) is 0 Å². The lowest BCUT2D eigenvalue weighted by Crippen LogP contribution is -2.18. The van der Waals surface area contributed by atoms with Gasteiger partial charge >= 0.3 is 0 Å². The van der Waals surface area contributed by atoms with E-state index in [9.17, 15) is 0 Å². The van der Waals surface area contributed by atoms with E-state index >= 15 is 0 Å². The van der Waals surface area contributed by atoms with Gasteiger partial charge in [-0.3, -0.25) is 0 Å². The number of anilines is 1. The standard InChI is InChI=1S/C13H22ClN3/c1-8(2)10(5)6-15-13-11(9(3)4)12(14)16-7-17-13/h7-10H,6H2,1-5H3,(H,15,16,17). The maximum atomic E-state index is 6.11. The second kappa shape index (κ2) is 6.20. The van der Waals surface area contributed by atoms with Crippen molar-refractivity contribution in [2.75, 3.05) is 11.9 Å². The molecule has 17 heavy (non-hydrogen) atoms. The van der Waals surface area contributed by atoms with E-state index in [1.54, 1.807) is 0 Å². The molecule has 1 unspecified atom stereocenters. The fourth-order valence-electron chi connectivity index (χ4n) is 1.52. The van der Waals surface area contributed by atoms with E-state index in [2.05, 4.69) is 49.9 Å². The minimum atomic E-state index is 0.320. The zero-order valence-corrected chi connectivity index (χ0v) is 12.0. The van der Waals surface area contributed by atoms with Crippen LogP contribution in [0.5, 0.6) is 0 Å². The molecule has 0 radical (unpaired) electrons. The minimum absolute atomic E-state index is 0.320. The van der Waals surface area contributed by atoms with Crippen molar-refractivity contribution in [3.63, 3.8) is 0 Å². The molecule has 0 aliphatic rings. The van der Waals surface area contributed by atoms with Crippen molar-refractivity contribution in [1.82, 2.24) is 9.97 Å². The topological polar surface area (TPSA) is 37.8 Å². The highest BCUT2D eigenvalue weighted by Crippen LogP contribution is 2.28. The smallest absolute Gasteiger partial charge is 0.138 e. The molecular formula is C13H22ClN3. The van der Waals surface area contributed by atoms with Crippen LogP contribution in [0.2, 0.25) is 5.15 Å². The number of hydrogen-bond acceptors (Lipinski definition) is 3. The Bertz CT molecular complexity index is 364. The van der Waals surface area contributed by atoms with E-state index in [1.807, 2.05) is 0 Å². The molecule has 0 aromatic carbocycles. The molecule has 0 saturated carbocycles. The average Bonchev–Trinajstić information content (AvgIpc) is 2.24. The number of nitrogens with zero attached hydrogens (tertiary/aromatic N) is 2. The van der Waals surface area contributed by atoms with E-state index in [0.717, 1.165) is 17.9 Å². The number of nitrogens with one attached hydrogen (secondary N) is 1. The summed E-state index contributed by atoms with van der Waals surface area (Å²) in [6, 6.07) is 0. The Morgan fingerprint density at radius 3 is 2.35 bits per heavy atom. The van der Waals surface area contributed by atoms with Gasteiger partial charge in [0.05, 0.1) is 0 Å². The van der Waals surface area contributed by atoms with Gasteiger partial charge in [0.1, 0.15) is 17.3 Å². The third-order valence-corrected chi connectivity index (χ3v) is 3.44. The average molecular weight is 256 g/mol. The van der Waals surface area contributed by atoms with Crippen LogP contribution in [-0.4, -0.2) is 16.5 Å². The summed E-state index contributed by atoms with van der Waals surface area (Å²) in [4.78, 5) is 8.32. The van der Waals surface area contributed by atoms with Crippen molar-refractivity contribution < 1.29 is 0 Å². The van der Waals surface area contributed by atoms with Crippen LogP contribution in [0.25, 0.3) is 0 Å². The Morgan fingerprint density at radius 1 is 1.18 bits per heavy atom. The van der Waals surface area contributed by atoms with E-state index in [0.29, 0.717) is 22.9 Å². The lowest BCUT2D eigenvalue weighted by Gasteiger charge is -2.19. The quantitative estimate of drug-likeness (QED) is 0.810. The third-order valence-electron chi connectivity index (χ3n) is 3.14. The van der Waals surface area contributed by atoms with Crippen LogP contribution in [0.4, 0.5) is 5.82 Å².